The molecule has 0 fully saturated rings. The molecule has 0 amide bonds. The third-order valence-corrected chi connectivity index (χ3v) is 4.93. The van der Waals surface area contributed by atoms with Gasteiger partial charge in [-0.15, -0.1) is 0 Å². The maximum absolute atomic E-state index is 4.41. The molecule has 130 valence electrons. The number of imidazole rings is 1. The molecule has 0 aliphatic carbocycles. The standard InChI is InChI=1S/C20H18BrN5/c1-13-9-15(3-4-17(13)16-5-6-22-14(2)10-16)11-24-19-20-25-12-18(21)26(20)8-7-23-19/h3-10,12H,11H2,1-2H3,(H,23,24). The van der Waals surface area contributed by atoms with Gasteiger partial charge >= 0.3 is 0 Å². The number of fused-ring (bicyclic) bond motifs is 1. The predicted molar refractivity (Wildman–Crippen MR) is 107 cm³/mol. The van der Waals surface area contributed by atoms with E-state index in [9.17, 15) is 0 Å². The molecule has 0 unspecified atom stereocenters. The fourth-order valence-electron chi connectivity index (χ4n) is 3.07. The second kappa shape index (κ2) is 6.88. The molecule has 0 aliphatic heterocycles. The summed E-state index contributed by atoms with van der Waals surface area (Å²) in [6.07, 6.45) is 7.28. The summed E-state index contributed by atoms with van der Waals surface area (Å²) in [4.78, 5) is 13.1. The van der Waals surface area contributed by atoms with Gasteiger partial charge in [-0.3, -0.25) is 9.38 Å². The van der Waals surface area contributed by atoms with Gasteiger partial charge < -0.3 is 5.32 Å². The van der Waals surface area contributed by atoms with Crippen molar-refractivity contribution in [1.29, 1.82) is 0 Å². The molecule has 26 heavy (non-hydrogen) atoms. The van der Waals surface area contributed by atoms with Gasteiger partial charge in [-0.2, -0.15) is 0 Å². The molecule has 1 N–H and O–H groups in total. The minimum Gasteiger partial charge on any atom is -0.363 e. The monoisotopic (exact) mass is 407 g/mol. The lowest BCUT2D eigenvalue weighted by molar-refractivity contribution is 1.06. The molecule has 0 radical (unpaired) electrons. The molecule has 6 heteroatoms. The molecule has 0 bridgehead atoms. The Labute approximate surface area is 160 Å². The van der Waals surface area contributed by atoms with Gasteiger partial charge in [0.15, 0.2) is 11.5 Å². The average molecular weight is 408 g/mol. The first kappa shape index (κ1) is 16.7. The van der Waals surface area contributed by atoms with Gasteiger partial charge in [0.2, 0.25) is 0 Å². The van der Waals surface area contributed by atoms with Crippen LogP contribution >= 0.6 is 15.9 Å². The van der Waals surface area contributed by atoms with Gasteiger partial charge in [-0.05, 0) is 64.2 Å². The number of nitrogens with one attached hydrogen (secondary N) is 1. The highest BCUT2D eigenvalue weighted by Gasteiger charge is 2.08. The molecule has 4 aromatic rings. The Morgan fingerprint density at radius 2 is 1.92 bits per heavy atom. The minimum atomic E-state index is 0.688. The lowest BCUT2D eigenvalue weighted by Crippen LogP contribution is -2.04. The van der Waals surface area contributed by atoms with Crippen molar-refractivity contribution >= 4 is 27.4 Å². The van der Waals surface area contributed by atoms with Crippen molar-refractivity contribution < 1.29 is 0 Å². The molecule has 3 aromatic heterocycles. The number of rotatable bonds is 4. The lowest BCUT2D eigenvalue weighted by Gasteiger charge is -2.11. The van der Waals surface area contributed by atoms with Crippen molar-refractivity contribution in [3.05, 3.63) is 76.5 Å². The normalized spacial score (nSPS) is 11.0. The van der Waals surface area contributed by atoms with Crippen molar-refractivity contribution in [1.82, 2.24) is 19.4 Å². The van der Waals surface area contributed by atoms with Crippen LogP contribution in [0.2, 0.25) is 0 Å². The second-order valence-corrected chi connectivity index (χ2v) is 7.05. The zero-order valence-corrected chi connectivity index (χ0v) is 16.2. The predicted octanol–water partition coefficient (Wildman–Crippen LogP) is 4.78. The van der Waals surface area contributed by atoms with Crippen LogP contribution in [0.1, 0.15) is 16.8 Å². The van der Waals surface area contributed by atoms with Crippen LogP contribution in [0.3, 0.4) is 0 Å². The first-order valence-corrected chi connectivity index (χ1v) is 9.15. The van der Waals surface area contributed by atoms with Crippen molar-refractivity contribution in [2.45, 2.75) is 20.4 Å². The Balaban J connectivity index is 1.56. The van der Waals surface area contributed by atoms with E-state index >= 15 is 0 Å². The molecule has 4 rings (SSSR count). The Morgan fingerprint density at radius 3 is 2.73 bits per heavy atom. The van der Waals surface area contributed by atoms with E-state index in [0.717, 1.165) is 21.8 Å². The van der Waals surface area contributed by atoms with Crippen molar-refractivity contribution in [2.24, 2.45) is 0 Å². The highest BCUT2D eigenvalue weighted by atomic mass is 79.9. The summed E-state index contributed by atoms with van der Waals surface area (Å²) in [5.74, 6) is 0.768. The Morgan fingerprint density at radius 1 is 1.04 bits per heavy atom. The third kappa shape index (κ3) is 3.20. The van der Waals surface area contributed by atoms with Gasteiger partial charge in [0.1, 0.15) is 4.60 Å². The Bertz CT molecular complexity index is 1090. The van der Waals surface area contributed by atoms with E-state index in [4.69, 9.17) is 0 Å². The molecule has 0 atom stereocenters. The maximum atomic E-state index is 4.41. The number of hydrogen-bond donors (Lipinski definition) is 1. The van der Waals surface area contributed by atoms with E-state index in [0.29, 0.717) is 6.54 Å². The van der Waals surface area contributed by atoms with Crippen LogP contribution in [0.15, 0.2) is 59.7 Å². The molecular weight excluding hydrogens is 390 g/mol. The van der Waals surface area contributed by atoms with Crippen LogP contribution in [0.5, 0.6) is 0 Å². The van der Waals surface area contributed by atoms with E-state index in [1.165, 1.54) is 22.3 Å². The van der Waals surface area contributed by atoms with E-state index in [-0.39, 0.29) is 0 Å². The minimum absolute atomic E-state index is 0.688. The SMILES string of the molecule is Cc1cc(-c2ccc(CNc3nccn4c(Br)cnc34)cc2C)ccn1. The maximum Gasteiger partial charge on any atom is 0.180 e. The van der Waals surface area contributed by atoms with Crippen LogP contribution < -0.4 is 5.32 Å². The third-order valence-electron chi connectivity index (χ3n) is 4.34. The molecule has 0 spiro atoms. The summed E-state index contributed by atoms with van der Waals surface area (Å²) in [5.41, 5.74) is 6.70. The highest BCUT2D eigenvalue weighted by Crippen LogP contribution is 2.25. The summed E-state index contributed by atoms with van der Waals surface area (Å²) in [5, 5.41) is 3.39. The summed E-state index contributed by atoms with van der Waals surface area (Å²) in [7, 11) is 0. The number of aromatic nitrogens is 4. The quantitative estimate of drug-likeness (QED) is 0.528. The lowest BCUT2D eigenvalue weighted by atomic mass is 9.98. The number of halogens is 1. The van der Waals surface area contributed by atoms with Gasteiger partial charge in [0, 0.05) is 30.8 Å². The first-order chi connectivity index (χ1) is 12.6. The Hall–Kier alpha value is -2.73. The van der Waals surface area contributed by atoms with E-state index in [2.05, 4.69) is 67.4 Å². The smallest absolute Gasteiger partial charge is 0.180 e. The number of aryl methyl sites for hydroxylation is 2. The van der Waals surface area contributed by atoms with Crippen molar-refractivity contribution in [3.63, 3.8) is 0 Å². The summed E-state index contributed by atoms with van der Waals surface area (Å²) >= 11 is 3.48. The molecule has 1 aromatic carbocycles. The summed E-state index contributed by atoms with van der Waals surface area (Å²) in [6.45, 7) is 4.84. The van der Waals surface area contributed by atoms with Crippen LogP contribution in [-0.4, -0.2) is 19.4 Å². The van der Waals surface area contributed by atoms with Gasteiger partial charge in [0.25, 0.3) is 0 Å². The van der Waals surface area contributed by atoms with Gasteiger partial charge in [-0.1, -0.05) is 18.2 Å². The van der Waals surface area contributed by atoms with Crippen molar-refractivity contribution in [3.8, 4) is 11.1 Å². The second-order valence-electron chi connectivity index (χ2n) is 6.24. The molecule has 0 aliphatic rings. The summed E-state index contributed by atoms with van der Waals surface area (Å²) < 4.78 is 2.86. The summed E-state index contributed by atoms with van der Waals surface area (Å²) in [6, 6.07) is 10.7. The molecule has 5 nitrogen and oxygen atoms in total. The van der Waals surface area contributed by atoms with E-state index in [1.54, 1.807) is 12.4 Å². The van der Waals surface area contributed by atoms with Crippen LogP contribution in [0.4, 0.5) is 5.82 Å². The molecule has 0 saturated heterocycles. The fraction of sp³-hybridized carbons (Fsp3) is 0.150. The molecule has 3 heterocycles. The van der Waals surface area contributed by atoms with Crippen molar-refractivity contribution in [2.75, 3.05) is 5.32 Å². The average Bonchev–Trinajstić information content (AvgIpc) is 3.02. The first-order valence-electron chi connectivity index (χ1n) is 8.36. The number of hydrogen-bond acceptors (Lipinski definition) is 4. The number of pyridine rings is 1. The number of benzene rings is 1. The largest absolute Gasteiger partial charge is 0.363 e. The zero-order valence-electron chi connectivity index (χ0n) is 14.6. The zero-order chi connectivity index (χ0) is 18.1. The van der Waals surface area contributed by atoms with Gasteiger partial charge in [-0.25, -0.2) is 9.97 Å². The molecule has 0 saturated carbocycles. The van der Waals surface area contributed by atoms with Crippen LogP contribution in [-0.2, 0) is 6.54 Å². The van der Waals surface area contributed by atoms with Crippen LogP contribution in [0, 0.1) is 13.8 Å². The Kier molecular flexibility index (Phi) is 4.42. The molecular formula is C20H18BrN5. The van der Waals surface area contributed by atoms with E-state index in [1.807, 2.05) is 29.8 Å². The topological polar surface area (TPSA) is 55.1 Å². The van der Waals surface area contributed by atoms with Crippen LogP contribution in [0.25, 0.3) is 16.8 Å². The highest BCUT2D eigenvalue weighted by molar-refractivity contribution is 9.10. The number of anilines is 1. The fourth-order valence-corrected chi connectivity index (χ4v) is 3.46. The van der Waals surface area contributed by atoms with Gasteiger partial charge in [0.05, 0.1) is 6.20 Å². The van der Waals surface area contributed by atoms with E-state index < -0.39 is 0 Å². The number of nitrogens with zero attached hydrogens (tertiary/aromatic N) is 4.